The molecule has 0 fully saturated rings. The van der Waals surface area contributed by atoms with Gasteiger partial charge in [0.1, 0.15) is 27.3 Å². The molecule has 10 rings (SSSR count). The minimum Gasteiger partial charge on any atom is -0.456 e. The number of thiazole rings is 1. The number of aromatic nitrogens is 4. The zero-order valence-electron chi connectivity index (χ0n) is 24.7. The molecule has 0 saturated carbocycles. The van der Waals surface area contributed by atoms with Crippen LogP contribution in [0.5, 0.6) is 0 Å². The Morgan fingerprint density at radius 2 is 1.06 bits per heavy atom. The number of hydrogen-bond donors (Lipinski definition) is 0. The monoisotopic (exact) mass is 622 g/mol. The van der Waals surface area contributed by atoms with Gasteiger partial charge in [0.25, 0.3) is 0 Å². The average Bonchev–Trinajstić information content (AvgIpc) is 3.84. The fraction of sp³-hybridized carbons (Fsp3) is 0. The van der Waals surface area contributed by atoms with E-state index in [1.807, 2.05) is 91.0 Å². The SMILES string of the molecule is c1ccc(-c2nc(-c3ccc4c(c3)oc3ccccc34)nc(-c3cccc4oc5cccc(-c6nc7ccccc7s6)c5c34)n2)cc1. The Hall–Kier alpha value is -6.18. The summed E-state index contributed by atoms with van der Waals surface area (Å²) in [5.41, 5.74) is 7.80. The summed E-state index contributed by atoms with van der Waals surface area (Å²) in [7, 11) is 0. The smallest absolute Gasteiger partial charge is 0.164 e. The Labute approximate surface area is 271 Å². The highest BCUT2D eigenvalue weighted by Gasteiger charge is 2.21. The van der Waals surface area contributed by atoms with Crippen molar-refractivity contribution >= 4 is 65.4 Å². The molecule has 0 unspecified atom stereocenters. The van der Waals surface area contributed by atoms with Crippen LogP contribution in [0, 0.1) is 0 Å². The van der Waals surface area contributed by atoms with Crippen LogP contribution >= 0.6 is 11.3 Å². The zero-order chi connectivity index (χ0) is 30.9. The van der Waals surface area contributed by atoms with Gasteiger partial charge < -0.3 is 8.83 Å². The summed E-state index contributed by atoms with van der Waals surface area (Å²) in [5, 5.41) is 5.01. The van der Waals surface area contributed by atoms with Crippen molar-refractivity contribution in [3.8, 4) is 44.7 Å². The molecular formula is C40H22N4O2S. The van der Waals surface area contributed by atoms with E-state index in [-0.39, 0.29) is 0 Å². The summed E-state index contributed by atoms with van der Waals surface area (Å²) in [4.78, 5) is 20.2. The molecule has 4 aromatic heterocycles. The van der Waals surface area contributed by atoms with E-state index in [9.17, 15) is 0 Å². The molecule has 7 heteroatoms. The zero-order valence-corrected chi connectivity index (χ0v) is 25.5. The van der Waals surface area contributed by atoms with Gasteiger partial charge in [0.2, 0.25) is 0 Å². The number of para-hydroxylation sites is 2. The molecule has 220 valence electrons. The summed E-state index contributed by atoms with van der Waals surface area (Å²) < 4.78 is 13.8. The number of hydrogen-bond acceptors (Lipinski definition) is 7. The standard InChI is InChI=1S/C40H22N4O2S/c1-2-10-23(11-3-1)37-42-38(24-20-21-26-25-12-4-6-16-30(25)45-33(26)22-24)44-39(43-37)27-13-8-17-31-35(27)36-28(14-9-18-32(36)46-31)40-41-29-15-5-7-19-34(29)47-40/h1-22H. The van der Waals surface area contributed by atoms with Gasteiger partial charge in [-0.25, -0.2) is 19.9 Å². The summed E-state index contributed by atoms with van der Waals surface area (Å²) >= 11 is 1.68. The quantitative estimate of drug-likeness (QED) is 0.194. The van der Waals surface area contributed by atoms with Gasteiger partial charge >= 0.3 is 0 Å². The molecule has 0 saturated heterocycles. The highest BCUT2D eigenvalue weighted by atomic mass is 32.1. The molecule has 0 spiro atoms. The fourth-order valence-electron chi connectivity index (χ4n) is 6.43. The van der Waals surface area contributed by atoms with Crippen LogP contribution in [0.4, 0.5) is 0 Å². The second-order valence-corrected chi connectivity index (χ2v) is 12.5. The van der Waals surface area contributed by atoms with Crippen LogP contribution in [-0.2, 0) is 0 Å². The van der Waals surface area contributed by atoms with Crippen molar-refractivity contribution in [3.63, 3.8) is 0 Å². The first-order valence-electron chi connectivity index (χ1n) is 15.3. The Morgan fingerprint density at radius 3 is 1.91 bits per heavy atom. The molecule has 0 amide bonds. The molecule has 0 aliphatic carbocycles. The van der Waals surface area contributed by atoms with E-state index < -0.39 is 0 Å². The number of furan rings is 2. The number of benzene rings is 6. The maximum absolute atomic E-state index is 6.45. The lowest BCUT2D eigenvalue weighted by Crippen LogP contribution is -2.00. The number of nitrogens with zero attached hydrogens (tertiary/aromatic N) is 4. The van der Waals surface area contributed by atoms with E-state index in [1.165, 1.54) is 0 Å². The summed E-state index contributed by atoms with van der Waals surface area (Å²) in [6.07, 6.45) is 0. The normalized spacial score (nSPS) is 11.8. The van der Waals surface area contributed by atoms with Crippen LogP contribution in [0.2, 0.25) is 0 Å². The molecule has 0 atom stereocenters. The van der Waals surface area contributed by atoms with Crippen molar-refractivity contribution in [2.75, 3.05) is 0 Å². The second-order valence-electron chi connectivity index (χ2n) is 11.4. The van der Waals surface area contributed by atoms with Gasteiger partial charge in [0.05, 0.1) is 10.2 Å². The maximum Gasteiger partial charge on any atom is 0.164 e. The molecule has 0 aliphatic rings. The topological polar surface area (TPSA) is 77.8 Å². The van der Waals surface area contributed by atoms with Gasteiger partial charge in [-0.2, -0.15) is 0 Å². The molecule has 0 bridgehead atoms. The Kier molecular flexibility index (Phi) is 5.64. The van der Waals surface area contributed by atoms with Crippen LogP contribution in [0.3, 0.4) is 0 Å². The molecule has 6 aromatic carbocycles. The maximum atomic E-state index is 6.45. The Bertz CT molecular complexity index is 2780. The molecule has 0 radical (unpaired) electrons. The Morgan fingerprint density at radius 1 is 0.426 bits per heavy atom. The Balaban J connectivity index is 1.23. The predicted octanol–water partition coefficient (Wildman–Crippen LogP) is 10.9. The first-order valence-corrected chi connectivity index (χ1v) is 16.1. The van der Waals surface area contributed by atoms with Gasteiger partial charge in [0, 0.05) is 43.8 Å². The van der Waals surface area contributed by atoms with Crippen LogP contribution < -0.4 is 0 Å². The van der Waals surface area contributed by atoms with Crippen molar-refractivity contribution in [1.82, 2.24) is 19.9 Å². The van der Waals surface area contributed by atoms with Crippen LogP contribution in [-0.4, -0.2) is 19.9 Å². The van der Waals surface area contributed by atoms with Crippen molar-refractivity contribution in [1.29, 1.82) is 0 Å². The summed E-state index contributed by atoms with van der Waals surface area (Å²) in [6, 6.07) is 44.6. The van der Waals surface area contributed by atoms with Gasteiger partial charge in [-0.15, -0.1) is 11.3 Å². The lowest BCUT2D eigenvalue weighted by Gasteiger charge is -2.09. The first-order chi connectivity index (χ1) is 23.3. The molecule has 0 N–H and O–H groups in total. The lowest BCUT2D eigenvalue weighted by atomic mass is 10.0. The molecular weight excluding hydrogens is 601 g/mol. The van der Waals surface area contributed by atoms with E-state index in [1.54, 1.807) is 11.3 Å². The molecule has 6 nitrogen and oxygen atoms in total. The summed E-state index contributed by atoms with van der Waals surface area (Å²) in [6.45, 7) is 0. The van der Waals surface area contributed by atoms with Crippen molar-refractivity contribution < 1.29 is 8.83 Å². The number of fused-ring (bicyclic) bond motifs is 7. The van der Waals surface area contributed by atoms with Gasteiger partial charge in [-0.3, -0.25) is 0 Å². The van der Waals surface area contributed by atoms with Crippen molar-refractivity contribution in [3.05, 3.63) is 133 Å². The van der Waals surface area contributed by atoms with Crippen molar-refractivity contribution in [2.45, 2.75) is 0 Å². The van der Waals surface area contributed by atoms with E-state index >= 15 is 0 Å². The number of rotatable bonds is 4. The van der Waals surface area contributed by atoms with E-state index in [4.69, 9.17) is 28.8 Å². The fourth-order valence-corrected chi connectivity index (χ4v) is 7.42. The van der Waals surface area contributed by atoms with E-state index in [0.717, 1.165) is 81.4 Å². The minimum atomic E-state index is 0.561. The molecule has 10 aromatic rings. The third kappa shape index (κ3) is 4.17. The summed E-state index contributed by atoms with van der Waals surface area (Å²) in [5.74, 6) is 1.71. The van der Waals surface area contributed by atoms with Crippen LogP contribution in [0.15, 0.2) is 142 Å². The van der Waals surface area contributed by atoms with Gasteiger partial charge in [0.15, 0.2) is 17.5 Å². The average molecular weight is 623 g/mol. The molecule has 4 heterocycles. The third-order valence-corrected chi connectivity index (χ3v) is 9.66. The minimum absolute atomic E-state index is 0.561. The molecule has 0 aliphatic heterocycles. The highest BCUT2D eigenvalue weighted by Crippen LogP contribution is 2.43. The van der Waals surface area contributed by atoms with Crippen molar-refractivity contribution in [2.24, 2.45) is 0 Å². The second kappa shape index (κ2) is 10.2. The van der Waals surface area contributed by atoms with E-state index in [0.29, 0.717) is 17.5 Å². The van der Waals surface area contributed by atoms with E-state index in [2.05, 4.69) is 42.5 Å². The van der Waals surface area contributed by atoms with Crippen LogP contribution in [0.1, 0.15) is 0 Å². The third-order valence-electron chi connectivity index (χ3n) is 8.59. The van der Waals surface area contributed by atoms with Gasteiger partial charge in [-0.05, 0) is 42.5 Å². The van der Waals surface area contributed by atoms with Crippen LogP contribution in [0.25, 0.3) is 98.8 Å². The predicted molar refractivity (Wildman–Crippen MR) is 189 cm³/mol. The lowest BCUT2D eigenvalue weighted by molar-refractivity contribution is 0.668. The largest absolute Gasteiger partial charge is 0.456 e. The van der Waals surface area contributed by atoms with Gasteiger partial charge in [-0.1, -0.05) is 91.0 Å². The highest BCUT2D eigenvalue weighted by molar-refractivity contribution is 7.21. The molecule has 47 heavy (non-hydrogen) atoms. The first kappa shape index (κ1) is 26.1.